The average molecular weight is 582 g/mol. The van der Waals surface area contributed by atoms with Gasteiger partial charge in [0.15, 0.2) is 0 Å². The highest BCUT2D eigenvalue weighted by Gasteiger charge is 2.35. The molecule has 0 bridgehead atoms. The Kier molecular flexibility index (Phi) is 8.45. The number of nitrogens with one attached hydrogen (secondary N) is 1. The summed E-state index contributed by atoms with van der Waals surface area (Å²) in [6.07, 6.45) is 0. The van der Waals surface area contributed by atoms with Crippen LogP contribution in [0.3, 0.4) is 0 Å². The lowest BCUT2D eigenvalue weighted by atomic mass is 9.96. The molecule has 0 radical (unpaired) electrons. The van der Waals surface area contributed by atoms with Crippen LogP contribution in [-0.2, 0) is 21.9 Å². The van der Waals surface area contributed by atoms with Crippen LogP contribution in [0.1, 0.15) is 36.6 Å². The quantitative estimate of drug-likeness (QED) is 0.164. The Hall–Kier alpha value is -3.46. The molecule has 39 heavy (non-hydrogen) atoms. The lowest BCUT2D eigenvalue weighted by molar-refractivity contribution is -0.139. The number of rotatable bonds is 9. The fourth-order valence-electron chi connectivity index (χ4n) is 4.25. The molecule has 0 saturated heterocycles. The van der Waals surface area contributed by atoms with Gasteiger partial charge in [0.25, 0.3) is 0 Å². The molecule has 1 N–H and O–H groups in total. The molecule has 10 heteroatoms. The molecule has 5 rings (SSSR count). The van der Waals surface area contributed by atoms with Crippen molar-refractivity contribution in [1.82, 2.24) is 14.8 Å². The number of hydrogen-bond acceptors (Lipinski definition) is 7. The van der Waals surface area contributed by atoms with Gasteiger partial charge in [0.05, 0.1) is 12.2 Å². The number of aromatic nitrogens is 3. The number of esters is 1. The molecule has 200 valence electrons. The van der Waals surface area contributed by atoms with Gasteiger partial charge in [-0.2, -0.15) is 4.98 Å². The maximum atomic E-state index is 13.1. The van der Waals surface area contributed by atoms with Crippen LogP contribution in [0.25, 0.3) is 0 Å². The Morgan fingerprint density at radius 2 is 1.67 bits per heavy atom. The van der Waals surface area contributed by atoms with Crippen LogP contribution in [0.2, 0.25) is 10.0 Å². The van der Waals surface area contributed by atoms with Gasteiger partial charge in [-0.15, -0.1) is 5.10 Å². The molecule has 0 saturated carbocycles. The Morgan fingerprint density at radius 1 is 1.00 bits per heavy atom. The van der Waals surface area contributed by atoms with E-state index < -0.39 is 12.0 Å². The third-order valence-electron chi connectivity index (χ3n) is 6.19. The normalized spacial score (nSPS) is 14.5. The number of anilines is 1. The summed E-state index contributed by atoms with van der Waals surface area (Å²) >= 11 is 14.1. The largest absolute Gasteiger partial charge is 0.489 e. The van der Waals surface area contributed by atoms with Gasteiger partial charge >= 0.3 is 5.97 Å². The lowest BCUT2D eigenvalue weighted by Gasteiger charge is -2.28. The Labute approximate surface area is 241 Å². The van der Waals surface area contributed by atoms with E-state index in [2.05, 4.69) is 10.3 Å². The van der Waals surface area contributed by atoms with Crippen LogP contribution < -0.4 is 10.1 Å². The van der Waals surface area contributed by atoms with Gasteiger partial charge in [-0.05, 0) is 49.2 Å². The number of ether oxygens (including phenoxy) is 2. The number of carbonyl (C=O) groups is 1. The Morgan fingerprint density at radius 3 is 2.33 bits per heavy atom. The zero-order valence-corrected chi connectivity index (χ0v) is 23.7. The van der Waals surface area contributed by atoms with Crippen LogP contribution in [0.4, 0.5) is 5.95 Å². The number of fused-ring (bicyclic) bond motifs is 1. The van der Waals surface area contributed by atoms with E-state index in [1.807, 2.05) is 79.7 Å². The maximum Gasteiger partial charge on any atom is 0.338 e. The maximum absolute atomic E-state index is 13.1. The standard InChI is InChI=1S/C29H26Cl2N4O3S/c1-3-37-27(36)25-18(2)32-28-33-29(39-17-21-9-5-7-11-24(21)31)34-35(28)26(25)19-12-14-22(15-13-19)38-16-20-8-4-6-10-23(20)30/h4-15,26H,3,16-17H2,1-2H3,(H,32,33,34). The molecule has 0 spiro atoms. The fourth-order valence-corrected chi connectivity index (χ4v) is 5.56. The van der Waals surface area contributed by atoms with Crippen molar-refractivity contribution in [1.29, 1.82) is 0 Å². The monoisotopic (exact) mass is 580 g/mol. The predicted molar refractivity (Wildman–Crippen MR) is 154 cm³/mol. The zero-order valence-electron chi connectivity index (χ0n) is 21.4. The summed E-state index contributed by atoms with van der Waals surface area (Å²) in [6, 6.07) is 22.3. The number of halogens is 2. The summed E-state index contributed by atoms with van der Waals surface area (Å²) < 4.78 is 13.1. The van der Waals surface area contributed by atoms with Crippen molar-refractivity contribution in [3.63, 3.8) is 0 Å². The van der Waals surface area contributed by atoms with Crippen molar-refractivity contribution in [3.8, 4) is 5.75 Å². The smallest absolute Gasteiger partial charge is 0.338 e. The van der Waals surface area contributed by atoms with E-state index in [1.165, 1.54) is 11.8 Å². The van der Waals surface area contributed by atoms with Crippen molar-refractivity contribution in [3.05, 3.63) is 111 Å². The van der Waals surface area contributed by atoms with Gasteiger partial charge in [-0.3, -0.25) is 0 Å². The number of benzene rings is 3. The van der Waals surface area contributed by atoms with Gasteiger partial charge in [-0.1, -0.05) is 83.5 Å². The minimum Gasteiger partial charge on any atom is -0.489 e. The molecule has 4 aromatic rings. The molecule has 3 aromatic carbocycles. The lowest BCUT2D eigenvalue weighted by Crippen LogP contribution is -2.29. The predicted octanol–water partition coefficient (Wildman–Crippen LogP) is 7.31. The molecule has 0 aliphatic carbocycles. The molecule has 1 unspecified atom stereocenters. The summed E-state index contributed by atoms with van der Waals surface area (Å²) in [5.74, 6) is 1.44. The van der Waals surface area contributed by atoms with Crippen molar-refractivity contribution in [2.75, 3.05) is 11.9 Å². The van der Waals surface area contributed by atoms with E-state index in [4.69, 9.17) is 37.8 Å². The molecular weight excluding hydrogens is 555 g/mol. The van der Waals surface area contributed by atoms with Crippen molar-refractivity contribution in [2.45, 2.75) is 37.4 Å². The first-order chi connectivity index (χ1) is 18.9. The van der Waals surface area contributed by atoms with Crippen LogP contribution in [-0.4, -0.2) is 27.3 Å². The minimum atomic E-state index is -0.528. The van der Waals surface area contributed by atoms with Gasteiger partial charge in [0.1, 0.15) is 18.4 Å². The molecular formula is C29H26Cl2N4O3S. The zero-order chi connectivity index (χ0) is 27.4. The van der Waals surface area contributed by atoms with Gasteiger partial charge < -0.3 is 14.8 Å². The Bertz CT molecular complexity index is 1520. The molecule has 1 atom stereocenters. The molecule has 1 aromatic heterocycles. The van der Waals surface area contributed by atoms with Crippen LogP contribution in [0.5, 0.6) is 5.75 Å². The molecule has 1 aliphatic heterocycles. The molecule has 0 fully saturated rings. The van der Waals surface area contributed by atoms with Crippen molar-refractivity contribution in [2.24, 2.45) is 0 Å². The fraction of sp³-hybridized carbons (Fsp3) is 0.207. The molecule has 0 amide bonds. The first kappa shape index (κ1) is 27.1. The third kappa shape index (κ3) is 6.08. The van der Waals surface area contributed by atoms with Gasteiger partial charge in [0.2, 0.25) is 11.1 Å². The molecule has 2 heterocycles. The second-order valence-corrected chi connectivity index (χ2v) is 10.5. The Balaban J connectivity index is 1.42. The molecule has 7 nitrogen and oxygen atoms in total. The summed E-state index contributed by atoms with van der Waals surface area (Å²) in [6.45, 7) is 4.24. The highest BCUT2D eigenvalue weighted by molar-refractivity contribution is 7.98. The van der Waals surface area contributed by atoms with Gasteiger partial charge in [0, 0.05) is 27.1 Å². The van der Waals surface area contributed by atoms with E-state index in [0.717, 1.165) is 16.7 Å². The van der Waals surface area contributed by atoms with E-state index in [0.29, 0.717) is 50.5 Å². The summed E-state index contributed by atoms with van der Waals surface area (Å²) in [7, 11) is 0. The second-order valence-electron chi connectivity index (χ2n) is 8.78. The number of carbonyl (C=O) groups excluding carboxylic acids is 1. The minimum absolute atomic E-state index is 0.264. The second kappa shape index (κ2) is 12.2. The topological polar surface area (TPSA) is 78.3 Å². The molecule has 1 aliphatic rings. The highest BCUT2D eigenvalue weighted by Crippen LogP contribution is 2.38. The van der Waals surface area contributed by atoms with Gasteiger partial charge in [-0.25, -0.2) is 9.48 Å². The average Bonchev–Trinajstić information content (AvgIpc) is 3.34. The van der Waals surface area contributed by atoms with E-state index in [1.54, 1.807) is 11.6 Å². The van der Waals surface area contributed by atoms with E-state index in [9.17, 15) is 4.79 Å². The number of thioether (sulfide) groups is 1. The van der Waals surface area contributed by atoms with Crippen LogP contribution in [0, 0.1) is 0 Å². The van der Waals surface area contributed by atoms with E-state index in [-0.39, 0.29) is 6.61 Å². The summed E-state index contributed by atoms with van der Waals surface area (Å²) in [4.78, 5) is 17.8. The van der Waals surface area contributed by atoms with Crippen molar-refractivity contribution < 1.29 is 14.3 Å². The SMILES string of the molecule is CCOC(=O)C1=C(C)Nc2nc(SCc3ccccc3Cl)nn2C1c1ccc(OCc2ccccc2Cl)cc1. The number of hydrogen-bond donors (Lipinski definition) is 1. The number of allylic oxidation sites excluding steroid dienone is 1. The highest BCUT2D eigenvalue weighted by atomic mass is 35.5. The third-order valence-corrected chi connectivity index (χ3v) is 7.82. The first-order valence-corrected chi connectivity index (χ1v) is 14.1. The first-order valence-electron chi connectivity index (χ1n) is 12.4. The summed E-state index contributed by atoms with van der Waals surface area (Å²) in [5.41, 5.74) is 3.88. The van der Waals surface area contributed by atoms with Crippen molar-refractivity contribution >= 4 is 46.9 Å². The van der Waals surface area contributed by atoms with Crippen LogP contribution in [0.15, 0.2) is 89.2 Å². The number of nitrogens with zero attached hydrogens (tertiary/aromatic N) is 3. The summed E-state index contributed by atoms with van der Waals surface area (Å²) in [5, 5.41) is 9.91. The van der Waals surface area contributed by atoms with Crippen LogP contribution >= 0.6 is 35.0 Å². The van der Waals surface area contributed by atoms with E-state index >= 15 is 0 Å².